The third kappa shape index (κ3) is 4.38. The second-order valence-corrected chi connectivity index (χ2v) is 4.12. The second kappa shape index (κ2) is 6.91. The third-order valence-corrected chi connectivity index (χ3v) is 2.59. The first-order chi connectivity index (χ1) is 8.95. The fourth-order valence-electron chi connectivity index (χ4n) is 1.54. The zero-order valence-corrected chi connectivity index (χ0v) is 11.0. The third-order valence-electron chi connectivity index (χ3n) is 2.59. The number of aliphatic hydroxyl groups excluding tert-OH is 2. The number of methoxy groups -OCH3 is 1. The van der Waals surface area contributed by atoms with E-state index in [0.29, 0.717) is 5.69 Å². The average Bonchev–Trinajstić information content (AvgIpc) is 2.38. The molecule has 0 spiro atoms. The normalized spacial score (nSPS) is 13.7. The zero-order valence-electron chi connectivity index (χ0n) is 11.0. The number of pyridine rings is 1. The summed E-state index contributed by atoms with van der Waals surface area (Å²) in [5, 5.41) is 22.3. The molecule has 7 nitrogen and oxygen atoms in total. The minimum atomic E-state index is -1.16. The number of carbonyl (C=O) groups is 1. The highest BCUT2D eigenvalue weighted by molar-refractivity contribution is 5.72. The van der Waals surface area contributed by atoms with E-state index in [2.05, 4.69) is 10.3 Å². The van der Waals surface area contributed by atoms with Crippen LogP contribution in [-0.2, 0) is 4.79 Å². The number of anilines is 1. The molecule has 0 aliphatic rings. The summed E-state index contributed by atoms with van der Waals surface area (Å²) in [6.45, 7) is 1.66. The first-order valence-electron chi connectivity index (χ1n) is 5.86. The molecule has 106 valence electrons. The second-order valence-electron chi connectivity index (χ2n) is 4.12. The van der Waals surface area contributed by atoms with E-state index in [-0.39, 0.29) is 30.4 Å². The van der Waals surface area contributed by atoms with Crippen LogP contribution in [0.4, 0.5) is 5.69 Å². The number of nitrogens with two attached hydrogens (primary N) is 1. The van der Waals surface area contributed by atoms with Crippen LogP contribution in [0.2, 0.25) is 0 Å². The SMILES string of the molecule is COc1nc(C(O)C(O)CCNC(C)=O)ccc1N. The first kappa shape index (κ1) is 15.2. The van der Waals surface area contributed by atoms with Crippen LogP contribution in [0.1, 0.15) is 25.1 Å². The molecule has 19 heavy (non-hydrogen) atoms. The Morgan fingerprint density at radius 1 is 1.53 bits per heavy atom. The van der Waals surface area contributed by atoms with Gasteiger partial charge in [0.05, 0.1) is 24.6 Å². The van der Waals surface area contributed by atoms with E-state index < -0.39 is 12.2 Å². The van der Waals surface area contributed by atoms with E-state index in [0.717, 1.165) is 0 Å². The van der Waals surface area contributed by atoms with E-state index in [1.165, 1.54) is 20.1 Å². The fraction of sp³-hybridized carbons (Fsp3) is 0.500. The van der Waals surface area contributed by atoms with Gasteiger partial charge in [0.1, 0.15) is 6.10 Å². The van der Waals surface area contributed by atoms with Gasteiger partial charge < -0.3 is 26.0 Å². The Balaban J connectivity index is 2.65. The summed E-state index contributed by atoms with van der Waals surface area (Å²) in [5.41, 5.74) is 6.23. The van der Waals surface area contributed by atoms with Crippen LogP contribution in [-0.4, -0.2) is 40.9 Å². The molecule has 0 fully saturated rings. The number of carbonyl (C=O) groups excluding carboxylic acids is 1. The summed E-state index contributed by atoms with van der Waals surface area (Å²) < 4.78 is 4.94. The maximum absolute atomic E-state index is 10.7. The topological polar surface area (TPSA) is 118 Å². The number of aliphatic hydroxyl groups is 2. The molecule has 0 aromatic carbocycles. The molecular formula is C12H19N3O4. The highest BCUT2D eigenvalue weighted by Crippen LogP contribution is 2.23. The van der Waals surface area contributed by atoms with Gasteiger partial charge >= 0.3 is 0 Å². The van der Waals surface area contributed by atoms with E-state index in [1.807, 2.05) is 0 Å². The molecule has 0 aliphatic carbocycles. The highest BCUT2D eigenvalue weighted by Gasteiger charge is 2.20. The van der Waals surface area contributed by atoms with Crippen molar-refractivity contribution in [1.82, 2.24) is 10.3 Å². The number of hydrogen-bond donors (Lipinski definition) is 4. The van der Waals surface area contributed by atoms with Gasteiger partial charge in [-0.25, -0.2) is 4.98 Å². The van der Waals surface area contributed by atoms with Crippen molar-refractivity contribution in [2.45, 2.75) is 25.6 Å². The molecule has 7 heteroatoms. The van der Waals surface area contributed by atoms with Crippen LogP contribution in [0.15, 0.2) is 12.1 Å². The minimum Gasteiger partial charge on any atom is -0.480 e. The van der Waals surface area contributed by atoms with Crippen molar-refractivity contribution in [2.24, 2.45) is 0 Å². The molecule has 0 radical (unpaired) electrons. The number of aromatic nitrogens is 1. The maximum atomic E-state index is 10.7. The predicted molar refractivity (Wildman–Crippen MR) is 69.5 cm³/mol. The van der Waals surface area contributed by atoms with Gasteiger partial charge in [0.25, 0.3) is 0 Å². The van der Waals surface area contributed by atoms with Gasteiger partial charge in [0.15, 0.2) is 0 Å². The number of nitrogen functional groups attached to an aromatic ring is 1. The molecule has 5 N–H and O–H groups in total. The van der Waals surface area contributed by atoms with Crippen LogP contribution >= 0.6 is 0 Å². The van der Waals surface area contributed by atoms with E-state index in [4.69, 9.17) is 10.5 Å². The Bertz CT molecular complexity index is 439. The van der Waals surface area contributed by atoms with Crippen LogP contribution in [0.25, 0.3) is 0 Å². The lowest BCUT2D eigenvalue weighted by atomic mass is 10.1. The average molecular weight is 269 g/mol. The van der Waals surface area contributed by atoms with E-state index >= 15 is 0 Å². The lowest BCUT2D eigenvalue weighted by Crippen LogP contribution is -2.28. The molecule has 1 rings (SSSR count). The maximum Gasteiger partial charge on any atom is 0.237 e. The van der Waals surface area contributed by atoms with Crippen molar-refractivity contribution < 1.29 is 19.7 Å². The largest absolute Gasteiger partial charge is 0.480 e. The Kier molecular flexibility index (Phi) is 5.53. The summed E-state index contributed by atoms with van der Waals surface area (Å²) in [5.74, 6) is 0.0135. The zero-order chi connectivity index (χ0) is 14.4. The van der Waals surface area contributed by atoms with Gasteiger partial charge in [-0.15, -0.1) is 0 Å². The number of nitrogens with zero attached hydrogens (tertiary/aromatic N) is 1. The van der Waals surface area contributed by atoms with Crippen molar-refractivity contribution in [3.63, 3.8) is 0 Å². The van der Waals surface area contributed by atoms with Gasteiger partial charge in [0, 0.05) is 13.5 Å². The Labute approximate surface area is 111 Å². The van der Waals surface area contributed by atoms with Gasteiger partial charge in [-0.05, 0) is 18.6 Å². The quantitative estimate of drug-likeness (QED) is 0.558. The van der Waals surface area contributed by atoms with Crippen molar-refractivity contribution in [3.8, 4) is 5.88 Å². The Hall–Kier alpha value is -1.86. The predicted octanol–water partition coefficient (Wildman–Crippen LogP) is -0.407. The lowest BCUT2D eigenvalue weighted by Gasteiger charge is -2.18. The van der Waals surface area contributed by atoms with Gasteiger partial charge in [-0.2, -0.15) is 0 Å². The van der Waals surface area contributed by atoms with Crippen molar-refractivity contribution in [3.05, 3.63) is 17.8 Å². The van der Waals surface area contributed by atoms with E-state index in [1.54, 1.807) is 6.07 Å². The molecule has 2 unspecified atom stereocenters. The molecule has 0 saturated carbocycles. The van der Waals surface area contributed by atoms with Crippen LogP contribution in [0, 0.1) is 0 Å². The van der Waals surface area contributed by atoms with Crippen LogP contribution in [0.3, 0.4) is 0 Å². The standard InChI is InChI=1S/C12H19N3O4/c1-7(16)14-6-5-10(17)11(18)9-4-3-8(13)12(15-9)19-2/h3-4,10-11,17-18H,5-6,13H2,1-2H3,(H,14,16). The molecule has 1 heterocycles. The number of amides is 1. The Morgan fingerprint density at radius 2 is 2.21 bits per heavy atom. The number of rotatable bonds is 6. The van der Waals surface area contributed by atoms with Crippen molar-refractivity contribution >= 4 is 11.6 Å². The lowest BCUT2D eigenvalue weighted by molar-refractivity contribution is -0.119. The molecule has 1 amide bonds. The van der Waals surface area contributed by atoms with Crippen LogP contribution in [0.5, 0.6) is 5.88 Å². The van der Waals surface area contributed by atoms with Crippen LogP contribution < -0.4 is 15.8 Å². The molecule has 1 aromatic heterocycles. The summed E-state index contributed by atoms with van der Waals surface area (Å²) in [6.07, 6.45) is -1.98. The molecule has 1 aromatic rings. The molecule has 2 atom stereocenters. The molecular weight excluding hydrogens is 250 g/mol. The first-order valence-corrected chi connectivity index (χ1v) is 5.86. The van der Waals surface area contributed by atoms with Gasteiger partial charge in [0.2, 0.25) is 11.8 Å². The summed E-state index contributed by atoms with van der Waals surface area (Å²) in [6, 6.07) is 3.06. The monoisotopic (exact) mass is 269 g/mol. The van der Waals surface area contributed by atoms with E-state index in [9.17, 15) is 15.0 Å². The summed E-state index contributed by atoms with van der Waals surface area (Å²) >= 11 is 0. The molecule has 0 aliphatic heterocycles. The number of hydrogen-bond acceptors (Lipinski definition) is 6. The molecule has 0 saturated heterocycles. The fourth-order valence-corrected chi connectivity index (χ4v) is 1.54. The Morgan fingerprint density at radius 3 is 2.79 bits per heavy atom. The van der Waals surface area contributed by atoms with Crippen molar-refractivity contribution in [2.75, 3.05) is 19.4 Å². The number of ether oxygens (including phenoxy) is 1. The van der Waals surface area contributed by atoms with Crippen molar-refractivity contribution in [1.29, 1.82) is 0 Å². The highest BCUT2D eigenvalue weighted by atomic mass is 16.5. The summed E-state index contributed by atoms with van der Waals surface area (Å²) in [4.78, 5) is 14.7. The smallest absolute Gasteiger partial charge is 0.237 e. The van der Waals surface area contributed by atoms with Gasteiger partial charge in [-0.3, -0.25) is 4.79 Å². The van der Waals surface area contributed by atoms with Gasteiger partial charge in [-0.1, -0.05) is 0 Å². The number of nitrogens with one attached hydrogen (secondary N) is 1. The minimum absolute atomic E-state index is 0.186. The summed E-state index contributed by atoms with van der Waals surface area (Å²) in [7, 11) is 1.42. The molecule has 0 bridgehead atoms.